The maximum atomic E-state index is 12.7. The number of carboxylic acids is 1. The molecule has 1 saturated carbocycles. The molecule has 1 aliphatic carbocycles. The van der Waals surface area contributed by atoms with Crippen LogP contribution >= 0.6 is 11.8 Å². The number of hydrogen-bond donors (Lipinski definition) is 1. The van der Waals surface area contributed by atoms with Crippen LogP contribution in [0.1, 0.15) is 46.4 Å². The molecule has 1 aliphatic heterocycles. The molecule has 0 bridgehead atoms. The summed E-state index contributed by atoms with van der Waals surface area (Å²) in [5.41, 5.74) is 0.404. The molecule has 1 aromatic rings. The van der Waals surface area contributed by atoms with Crippen LogP contribution in [-0.4, -0.2) is 39.6 Å². The first-order chi connectivity index (χ1) is 10.1. The summed E-state index contributed by atoms with van der Waals surface area (Å²) in [7, 11) is 0. The van der Waals surface area contributed by atoms with Gasteiger partial charge in [-0.2, -0.15) is 0 Å². The Labute approximate surface area is 126 Å². The van der Waals surface area contributed by atoms with Crippen LogP contribution in [0, 0.1) is 0 Å². The molecule has 1 N–H and O–H groups in total. The molecular weight excluding hydrogens is 290 g/mol. The van der Waals surface area contributed by atoms with E-state index in [1.165, 1.54) is 12.1 Å². The molecule has 5 nitrogen and oxygen atoms in total. The second-order valence-electron chi connectivity index (χ2n) is 5.36. The topological polar surface area (TPSA) is 74.7 Å². The summed E-state index contributed by atoms with van der Waals surface area (Å²) in [4.78, 5) is 38.0. The summed E-state index contributed by atoms with van der Waals surface area (Å²) in [5, 5.41) is 9.00. The summed E-state index contributed by atoms with van der Waals surface area (Å²) in [5.74, 6) is -1.29. The number of carbonyl (C=O) groups excluding carboxylic acids is 2. The van der Waals surface area contributed by atoms with Crippen LogP contribution in [0.3, 0.4) is 0 Å². The second-order valence-corrected chi connectivity index (χ2v) is 6.46. The molecule has 0 radical (unpaired) electrons. The number of carbonyl (C=O) groups is 3. The molecule has 21 heavy (non-hydrogen) atoms. The zero-order valence-electron chi connectivity index (χ0n) is 11.4. The highest BCUT2D eigenvalue weighted by Gasteiger charge is 2.33. The number of hydrogen-bond acceptors (Lipinski definition) is 4. The van der Waals surface area contributed by atoms with Gasteiger partial charge >= 0.3 is 5.97 Å². The van der Waals surface area contributed by atoms with Gasteiger partial charge in [-0.3, -0.25) is 9.59 Å². The molecule has 0 saturated heterocycles. The molecule has 1 aromatic carbocycles. The minimum Gasteiger partial charge on any atom is -0.478 e. The standard InChI is InChI=1S/C15H15NO4S/c17-13-8-16(10-3-1-2-4-10)14(18)11-7-9(15(19)20)5-6-12(11)21-13/h5-7,10H,1-4,8H2,(H,19,20). The summed E-state index contributed by atoms with van der Waals surface area (Å²) in [6.45, 7) is 0.102. The van der Waals surface area contributed by atoms with Crippen molar-refractivity contribution >= 4 is 28.8 Å². The number of thioether (sulfide) groups is 1. The number of aromatic carboxylic acids is 1. The molecule has 2 aliphatic rings. The highest BCUT2D eigenvalue weighted by atomic mass is 32.2. The molecule has 0 atom stereocenters. The first-order valence-corrected chi connectivity index (χ1v) is 7.77. The minimum atomic E-state index is -1.07. The largest absolute Gasteiger partial charge is 0.478 e. The smallest absolute Gasteiger partial charge is 0.335 e. The third kappa shape index (κ3) is 2.68. The summed E-state index contributed by atoms with van der Waals surface area (Å²) in [6, 6.07) is 4.46. The third-order valence-corrected chi connectivity index (χ3v) is 4.94. The van der Waals surface area contributed by atoms with E-state index in [4.69, 9.17) is 5.11 Å². The fourth-order valence-electron chi connectivity index (χ4n) is 2.95. The lowest BCUT2D eigenvalue weighted by Gasteiger charge is -2.26. The van der Waals surface area contributed by atoms with Gasteiger partial charge in [-0.15, -0.1) is 0 Å². The Hall–Kier alpha value is -1.82. The van der Waals surface area contributed by atoms with E-state index >= 15 is 0 Å². The van der Waals surface area contributed by atoms with Gasteiger partial charge in [0.25, 0.3) is 5.91 Å². The quantitative estimate of drug-likeness (QED) is 0.908. The average molecular weight is 305 g/mol. The third-order valence-electron chi connectivity index (χ3n) is 4.01. The fourth-order valence-corrected chi connectivity index (χ4v) is 3.79. The monoisotopic (exact) mass is 305 g/mol. The number of benzene rings is 1. The number of carboxylic acid groups (broad SMARTS) is 1. The zero-order chi connectivity index (χ0) is 15.0. The van der Waals surface area contributed by atoms with Crippen molar-refractivity contribution in [3.63, 3.8) is 0 Å². The Bertz CT molecular complexity index is 622. The van der Waals surface area contributed by atoms with Gasteiger partial charge in [0, 0.05) is 10.9 Å². The molecular formula is C15H15NO4S. The zero-order valence-corrected chi connectivity index (χ0v) is 12.2. The van der Waals surface area contributed by atoms with E-state index in [1.54, 1.807) is 11.0 Å². The van der Waals surface area contributed by atoms with Crippen molar-refractivity contribution in [2.75, 3.05) is 6.54 Å². The molecule has 1 fully saturated rings. The molecule has 6 heteroatoms. The van der Waals surface area contributed by atoms with E-state index in [2.05, 4.69) is 0 Å². The van der Waals surface area contributed by atoms with Crippen LogP contribution in [-0.2, 0) is 4.79 Å². The van der Waals surface area contributed by atoms with Crippen LogP contribution < -0.4 is 0 Å². The Morgan fingerprint density at radius 1 is 1.24 bits per heavy atom. The van der Waals surface area contributed by atoms with Crippen molar-refractivity contribution in [2.45, 2.75) is 36.6 Å². The lowest BCUT2D eigenvalue weighted by molar-refractivity contribution is -0.111. The van der Waals surface area contributed by atoms with Gasteiger partial charge in [0.15, 0.2) is 0 Å². The Kier molecular flexibility index (Phi) is 3.71. The maximum absolute atomic E-state index is 12.7. The molecule has 0 spiro atoms. The Balaban J connectivity index is 2.02. The minimum absolute atomic E-state index is 0.0722. The van der Waals surface area contributed by atoms with Crippen molar-refractivity contribution in [2.24, 2.45) is 0 Å². The van der Waals surface area contributed by atoms with Crippen LogP contribution in [0.2, 0.25) is 0 Å². The first-order valence-electron chi connectivity index (χ1n) is 6.95. The van der Waals surface area contributed by atoms with Gasteiger partial charge in [-0.05, 0) is 42.8 Å². The van der Waals surface area contributed by atoms with Gasteiger partial charge in [0.05, 0.1) is 17.7 Å². The van der Waals surface area contributed by atoms with Crippen LogP contribution in [0.15, 0.2) is 23.1 Å². The highest BCUT2D eigenvalue weighted by Crippen LogP contribution is 2.33. The van der Waals surface area contributed by atoms with E-state index in [0.717, 1.165) is 37.4 Å². The predicted octanol–water partition coefficient (Wildman–Crippen LogP) is 2.40. The Morgan fingerprint density at radius 3 is 2.62 bits per heavy atom. The summed E-state index contributed by atoms with van der Waals surface area (Å²) in [6.07, 6.45) is 3.96. The number of amides is 1. The van der Waals surface area contributed by atoms with E-state index in [-0.39, 0.29) is 29.2 Å². The van der Waals surface area contributed by atoms with Gasteiger partial charge < -0.3 is 10.0 Å². The SMILES string of the molecule is O=C1CN(C2CCCC2)C(=O)c2cc(C(=O)O)ccc2S1. The maximum Gasteiger partial charge on any atom is 0.335 e. The Morgan fingerprint density at radius 2 is 1.95 bits per heavy atom. The van der Waals surface area contributed by atoms with Crippen LogP contribution in [0.5, 0.6) is 0 Å². The summed E-state index contributed by atoms with van der Waals surface area (Å²) < 4.78 is 0. The number of rotatable bonds is 2. The lowest BCUT2D eigenvalue weighted by Crippen LogP contribution is -2.40. The number of fused-ring (bicyclic) bond motifs is 1. The van der Waals surface area contributed by atoms with Crippen molar-refractivity contribution in [3.8, 4) is 0 Å². The van der Waals surface area contributed by atoms with E-state index in [9.17, 15) is 14.4 Å². The molecule has 110 valence electrons. The van der Waals surface area contributed by atoms with Crippen LogP contribution in [0.25, 0.3) is 0 Å². The van der Waals surface area contributed by atoms with Gasteiger partial charge in [0.1, 0.15) is 0 Å². The van der Waals surface area contributed by atoms with E-state index < -0.39 is 5.97 Å². The van der Waals surface area contributed by atoms with Gasteiger partial charge in [-0.1, -0.05) is 12.8 Å². The highest BCUT2D eigenvalue weighted by molar-refractivity contribution is 8.13. The molecule has 0 aromatic heterocycles. The molecule has 0 unspecified atom stereocenters. The van der Waals surface area contributed by atoms with Crippen molar-refractivity contribution < 1.29 is 19.5 Å². The van der Waals surface area contributed by atoms with Gasteiger partial charge in [0.2, 0.25) is 5.12 Å². The lowest BCUT2D eigenvalue weighted by atomic mass is 10.1. The number of nitrogens with zero attached hydrogens (tertiary/aromatic N) is 1. The van der Waals surface area contributed by atoms with Crippen LogP contribution in [0.4, 0.5) is 0 Å². The predicted molar refractivity (Wildman–Crippen MR) is 77.6 cm³/mol. The average Bonchev–Trinajstić information content (AvgIpc) is 2.94. The first kappa shape index (κ1) is 14.1. The molecule has 3 rings (SSSR count). The molecule has 1 heterocycles. The fraction of sp³-hybridized carbons (Fsp3) is 0.400. The van der Waals surface area contributed by atoms with E-state index in [0.29, 0.717) is 10.5 Å². The van der Waals surface area contributed by atoms with Crippen molar-refractivity contribution in [3.05, 3.63) is 29.3 Å². The van der Waals surface area contributed by atoms with Crippen molar-refractivity contribution in [1.29, 1.82) is 0 Å². The van der Waals surface area contributed by atoms with Gasteiger partial charge in [-0.25, -0.2) is 4.79 Å². The van der Waals surface area contributed by atoms with E-state index in [1.807, 2.05) is 0 Å². The normalized spacial score (nSPS) is 19.5. The second kappa shape index (κ2) is 5.52. The summed E-state index contributed by atoms with van der Waals surface area (Å²) >= 11 is 1.03. The molecule has 1 amide bonds. The van der Waals surface area contributed by atoms with Crippen molar-refractivity contribution in [1.82, 2.24) is 4.90 Å².